The predicted octanol–water partition coefficient (Wildman–Crippen LogP) is 2.83. The number of pyridine rings is 1. The molecule has 2 heterocycles. The van der Waals surface area contributed by atoms with Crippen molar-refractivity contribution >= 4 is 26.6 Å². The monoisotopic (exact) mass is 394 g/mol. The Morgan fingerprint density at radius 1 is 0.964 bits per heavy atom. The second-order valence-corrected chi connectivity index (χ2v) is 8.02. The molecule has 0 radical (unpaired) electrons. The summed E-state index contributed by atoms with van der Waals surface area (Å²) < 4.78 is 31.7. The molecule has 0 amide bonds. The number of nitrogens with zero attached hydrogens (tertiary/aromatic N) is 3. The maximum absolute atomic E-state index is 13.1. The number of sulfonamides is 1. The second-order valence-electron chi connectivity index (χ2n) is 6.37. The van der Waals surface area contributed by atoms with Crippen LogP contribution in [0.5, 0.6) is 0 Å². The maximum atomic E-state index is 13.1. The molecule has 28 heavy (non-hydrogen) atoms. The van der Waals surface area contributed by atoms with E-state index in [2.05, 4.69) is 9.71 Å². The molecular weight excluding hydrogens is 376 g/mol. The van der Waals surface area contributed by atoms with Gasteiger partial charge in [-0.3, -0.25) is 19.2 Å². The molecule has 1 N–H and O–H groups in total. The van der Waals surface area contributed by atoms with Crippen molar-refractivity contribution in [2.75, 3.05) is 4.72 Å². The van der Waals surface area contributed by atoms with Gasteiger partial charge in [0, 0.05) is 18.6 Å². The fourth-order valence-corrected chi connectivity index (χ4v) is 4.46. The zero-order chi connectivity index (χ0) is 19.9. The van der Waals surface area contributed by atoms with E-state index >= 15 is 0 Å². The SMILES string of the molecule is Cc1c(NS(=O)(=O)c2cccc3cccnc23)c(=O)n(-c2ccccc2)n1C. The molecular formula is C20H18N4O3S. The first-order valence-electron chi connectivity index (χ1n) is 8.61. The van der Waals surface area contributed by atoms with Gasteiger partial charge in [0.2, 0.25) is 0 Å². The van der Waals surface area contributed by atoms with E-state index in [0.29, 0.717) is 22.3 Å². The molecule has 8 heteroatoms. The van der Waals surface area contributed by atoms with Crippen LogP contribution in [0.1, 0.15) is 5.69 Å². The lowest BCUT2D eigenvalue weighted by atomic mass is 10.2. The molecule has 2 aromatic carbocycles. The largest absolute Gasteiger partial charge is 0.296 e. The van der Waals surface area contributed by atoms with E-state index in [4.69, 9.17) is 0 Å². The number of fused-ring (bicyclic) bond motifs is 1. The van der Waals surface area contributed by atoms with Gasteiger partial charge in [-0.05, 0) is 31.2 Å². The Morgan fingerprint density at radius 3 is 2.43 bits per heavy atom. The van der Waals surface area contributed by atoms with Crippen molar-refractivity contribution in [3.63, 3.8) is 0 Å². The predicted molar refractivity (Wildman–Crippen MR) is 108 cm³/mol. The van der Waals surface area contributed by atoms with Crippen LogP contribution in [0.25, 0.3) is 16.6 Å². The summed E-state index contributed by atoms with van der Waals surface area (Å²) >= 11 is 0. The number of hydrogen-bond donors (Lipinski definition) is 1. The molecule has 0 aliphatic heterocycles. The third kappa shape index (κ3) is 2.87. The van der Waals surface area contributed by atoms with Crippen LogP contribution in [-0.4, -0.2) is 22.8 Å². The van der Waals surface area contributed by atoms with Gasteiger partial charge in [0.1, 0.15) is 10.6 Å². The van der Waals surface area contributed by atoms with Crippen LogP contribution in [0.3, 0.4) is 0 Å². The number of aromatic nitrogens is 3. The topological polar surface area (TPSA) is 86.0 Å². The van der Waals surface area contributed by atoms with Gasteiger partial charge < -0.3 is 0 Å². The Labute approximate surface area is 161 Å². The van der Waals surface area contributed by atoms with Gasteiger partial charge in [0.15, 0.2) is 0 Å². The van der Waals surface area contributed by atoms with Crippen molar-refractivity contribution in [2.24, 2.45) is 7.05 Å². The third-order valence-corrected chi connectivity index (χ3v) is 6.06. The Kier molecular flexibility index (Phi) is 4.27. The van der Waals surface area contributed by atoms with Crippen molar-refractivity contribution in [1.82, 2.24) is 14.3 Å². The molecule has 7 nitrogen and oxygen atoms in total. The molecule has 0 spiro atoms. The fourth-order valence-electron chi connectivity index (χ4n) is 3.17. The highest BCUT2D eigenvalue weighted by Gasteiger charge is 2.24. The van der Waals surface area contributed by atoms with Gasteiger partial charge in [-0.2, -0.15) is 0 Å². The van der Waals surface area contributed by atoms with Gasteiger partial charge >= 0.3 is 0 Å². The first kappa shape index (κ1) is 18.0. The third-order valence-electron chi connectivity index (χ3n) is 4.68. The number of benzene rings is 2. The minimum atomic E-state index is -4.01. The quantitative estimate of drug-likeness (QED) is 0.577. The van der Waals surface area contributed by atoms with Crippen LogP contribution >= 0.6 is 0 Å². The van der Waals surface area contributed by atoms with Gasteiger partial charge in [-0.25, -0.2) is 13.1 Å². The molecule has 2 aromatic heterocycles. The Bertz CT molecular complexity index is 1330. The van der Waals surface area contributed by atoms with Crippen molar-refractivity contribution in [3.8, 4) is 5.69 Å². The normalized spacial score (nSPS) is 11.6. The summed E-state index contributed by atoms with van der Waals surface area (Å²) in [6.07, 6.45) is 1.54. The van der Waals surface area contributed by atoms with Crippen LogP contribution in [-0.2, 0) is 17.1 Å². The highest BCUT2D eigenvalue weighted by atomic mass is 32.2. The van der Waals surface area contributed by atoms with E-state index in [1.807, 2.05) is 18.2 Å². The number of hydrogen-bond acceptors (Lipinski definition) is 4. The lowest BCUT2D eigenvalue weighted by molar-refractivity contribution is 0.602. The summed E-state index contributed by atoms with van der Waals surface area (Å²) in [4.78, 5) is 17.2. The van der Waals surface area contributed by atoms with Gasteiger partial charge in [-0.1, -0.05) is 36.4 Å². The number of rotatable bonds is 4. The molecule has 0 aliphatic rings. The van der Waals surface area contributed by atoms with Crippen LogP contribution in [0.4, 0.5) is 5.69 Å². The standard InChI is InChI=1S/C20H18N4O3S/c1-14-18(20(25)24(23(14)2)16-10-4-3-5-11-16)22-28(26,27)17-12-6-8-15-9-7-13-21-19(15)17/h3-13,22H,1-2H3. The molecule has 0 unspecified atom stereocenters. The lowest BCUT2D eigenvalue weighted by Gasteiger charge is -2.09. The highest BCUT2D eigenvalue weighted by molar-refractivity contribution is 7.93. The van der Waals surface area contributed by atoms with Crippen molar-refractivity contribution in [1.29, 1.82) is 0 Å². The van der Waals surface area contributed by atoms with E-state index < -0.39 is 15.6 Å². The molecule has 0 saturated carbocycles. The van der Waals surface area contributed by atoms with E-state index in [1.54, 1.807) is 55.1 Å². The molecule has 142 valence electrons. The van der Waals surface area contributed by atoms with Crippen molar-refractivity contribution in [2.45, 2.75) is 11.8 Å². The van der Waals surface area contributed by atoms with Gasteiger partial charge in [0.25, 0.3) is 15.6 Å². The fraction of sp³-hybridized carbons (Fsp3) is 0.100. The molecule has 0 fully saturated rings. The summed E-state index contributed by atoms with van der Waals surface area (Å²) in [6, 6.07) is 17.5. The Balaban J connectivity index is 1.84. The van der Waals surface area contributed by atoms with Crippen LogP contribution in [0.2, 0.25) is 0 Å². The molecule has 4 aromatic rings. The summed E-state index contributed by atoms with van der Waals surface area (Å²) in [7, 11) is -2.30. The van der Waals surface area contributed by atoms with Gasteiger partial charge in [-0.15, -0.1) is 0 Å². The van der Waals surface area contributed by atoms with E-state index in [0.717, 1.165) is 0 Å². The second kappa shape index (κ2) is 6.65. The summed E-state index contributed by atoms with van der Waals surface area (Å²) in [5, 5.41) is 0.705. The lowest BCUT2D eigenvalue weighted by Crippen LogP contribution is -2.23. The summed E-state index contributed by atoms with van der Waals surface area (Å²) in [6.45, 7) is 1.69. The first-order valence-corrected chi connectivity index (χ1v) is 10.1. The molecule has 0 aliphatic carbocycles. The Morgan fingerprint density at radius 2 is 1.68 bits per heavy atom. The van der Waals surface area contributed by atoms with Crippen molar-refractivity contribution < 1.29 is 8.42 Å². The minimum Gasteiger partial charge on any atom is -0.283 e. The molecule has 4 rings (SSSR count). The van der Waals surface area contributed by atoms with E-state index in [9.17, 15) is 13.2 Å². The zero-order valence-corrected chi connectivity index (χ0v) is 16.1. The highest BCUT2D eigenvalue weighted by Crippen LogP contribution is 2.24. The summed E-state index contributed by atoms with van der Waals surface area (Å²) in [5.74, 6) is 0. The number of para-hydroxylation sites is 2. The van der Waals surface area contributed by atoms with Gasteiger partial charge in [0.05, 0.1) is 16.9 Å². The number of anilines is 1. The molecule has 0 atom stereocenters. The Hall–Kier alpha value is -3.39. The smallest absolute Gasteiger partial charge is 0.283 e. The summed E-state index contributed by atoms with van der Waals surface area (Å²) in [5.41, 5.74) is 1.08. The zero-order valence-electron chi connectivity index (χ0n) is 15.3. The van der Waals surface area contributed by atoms with Crippen molar-refractivity contribution in [3.05, 3.63) is 82.9 Å². The van der Waals surface area contributed by atoms with Crippen LogP contribution in [0, 0.1) is 6.92 Å². The van der Waals surface area contributed by atoms with Crippen LogP contribution in [0.15, 0.2) is 76.6 Å². The average molecular weight is 394 g/mol. The van der Waals surface area contributed by atoms with E-state index in [1.165, 1.54) is 16.9 Å². The molecule has 0 bridgehead atoms. The van der Waals surface area contributed by atoms with E-state index in [-0.39, 0.29) is 10.6 Å². The molecule has 0 saturated heterocycles. The maximum Gasteiger partial charge on any atom is 0.296 e. The number of nitrogens with one attached hydrogen (secondary N) is 1. The average Bonchev–Trinajstić information content (AvgIpc) is 2.91. The van der Waals surface area contributed by atoms with Crippen LogP contribution < -0.4 is 10.3 Å². The first-order chi connectivity index (χ1) is 13.4. The minimum absolute atomic E-state index is 0.0132.